The fourth-order valence-electron chi connectivity index (χ4n) is 4.42. The zero-order chi connectivity index (χ0) is 30.0. The van der Waals surface area contributed by atoms with Crippen molar-refractivity contribution >= 4 is 29.0 Å². The smallest absolute Gasteiger partial charge is 0.231 e. The number of nitrogens with zero attached hydrogens (tertiary/aromatic N) is 4. The first-order valence-electron chi connectivity index (χ1n) is 13.7. The molecule has 1 atom stereocenters. The zero-order valence-electron chi connectivity index (χ0n) is 24.2. The van der Waals surface area contributed by atoms with Crippen LogP contribution in [0.15, 0.2) is 108 Å². The molecular formula is C33H33N7O3. The number of benzene rings is 3. The molecule has 0 fully saturated rings. The van der Waals surface area contributed by atoms with Gasteiger partial charge in [-0.2, -0.15) is 15.1 Å². The van der Waals surface area contributed by atoms with E-state index in [0.29, 0.717) is 40.2 Å². The van der Waals surface area contributed by atoms with E-state index >= 15 is 0 Å². The van der Waals surface area contributed by atoms with Crippen molar-refractivity contribution in [2.45, 2.75) is 13.0 Å². The molecule has 0 spiro atoms. The Kier molecular flexibility index (Phi) is 9.40. The van der Waals surface area contributed by atoms with Crippen molar-refractivity contribution in [2.75, 3.05) is 36.8 Å². The van der Waals surface area contributed by atoms with Crippen molar-refractivity contribution in [1.29, 1.82) is 0 Å². The van der Waals surface area contributed by atoms with Crippen molar-refractivity contribution in [3.63, 3.8) is 0 Å². The second-order valence-electron chi connectivity index (χ2n) is 9.53. The van der Waals surface area contributed by atoms with Crippen LogP contribution in [0.25, 0.3) is 11.1 Å². The van der Waals surface area contributed by atoms with Crippen molar-refractivity contribution in [1.82, 2.24) is 15.0 Å². The molecule has 0 aliphatic carbocycles. The fourth-order valence-corrected chi connectivity index (χ4v) is 4.42. The molecule has 0 saturated carbocycles. The summed E-state index contributed by atoms with van der Waals surface area (Å²) in [4.78, 5) is 13.7. The molecule has 218 valence electrons. The molecule has 0 radical (unpaired) electrons. The first-order chi connectivity index (χ1) is 21.1. The summed E-state index contributed by atoms with van der Waals surface area (Å²) in [5.74, 6) is 2.47. The molecule has 2 aromatic heterocycles. The maximum absolute atomic E-state index is 11.1. The normalized spacial score (nSPS) is 11.9. The van der Waals surface area contributed by atoms with Crippen LogP contribution in [0.2, 0.25) is 0 Å². The van der Waals surface area contributed by atoms with Crippen LogP contribution in [0.4, 0.5) is 23.3 Å². The van der Waals surface area contributed by atoms with Crippen molar-refractivity contribution in [3.8, 4) is 22.6 Å². The Hall–Kier alpha value is -5.48. The monoisotopic (exact) mass is 575 g/mol. The highest BCUT2D eigenvalue weighted by Gasteiger charge is 2.19. The number of anilines is 4. The molecule has 1 unspecified atom stereocenters. The number of para-hydroxylation sites is 1. The van der Waals surface area contributed by atoms with Gasteiger partial charge in [-0.3, -0.25) is 10.4 Å². The molecule has 5 aromatic rings. The molecule has 10 nitrogen and oxygen atoms in total. The lowest BCUT2D eigenvalue weighted by atomic mass is 10.1. The summed E-state index contributed by atoms with van der Waals surface area (Å²) in [7, 11) is 3.14. The van der Waals surface area contributed by atoms with Gasteiger partial charge in [0.25, 0.3) is 0 Å². The number of aliphatic hydroxyl groups is 1. The van der Waals surface area contributed by atoms with Gasteiger partial charge in [-0.1, -0.05) is 54.6 Å². The first-order valence-corrected chi connectivity index (χ1v) is 13.7. The van der Waals surface area contributed by atoms with Gasteiger partial charge in [0, 0.05) is 30.2 Å². The van der Waals surface area contributed by atoms with Crippen molar-refractivity contribution in [2.24, 2.45) is 5.10 Å². The average molecular weight is 576 g/mol. The lowest BCUT2D eigenvalue weighted by Crippen LogP contribution is -2.16. The molecule has 10 heteroatoms. The van der Waals surface area contributed by atoms with Gasteiger partial charge in [0.1, 0.15) is 5.82 Å². The number of hydrazone groups is 1. The number of aromatic nitrogens is 3. The summed E-state index contributed by atoms with van der Waals surface area (Å²) in [5, 5.41) is 22.4. The third-order valence-corrected chi connectivity index (χ3v) is 6.68. The van der Waals surface area contributed by atoms with Gasteiger partial charge in [-0.15, -0.1) is 0 Å². The minimum absolute atomic E-state index is 0.163. The predicted molar refractivity (Wildman–Crippen MR) is 170 cm³/mol. The highest BCUT2D eigenvalue weighted by molar-refractivity contribution is 5.99. The van der Waals surface area contributed by atoms with Crippen molar-refractivity contribution < 1.29 is 14.6 Å². The fraction of sp³-hybridized carbons (Fsp3) is 0.152. The lowest BCUT2D eigenvalue weighted by Gasteiger charge is -2.19. The highest BCUT2D eigenvalue weighted by atomic mass is 16.5. The molecule has 2 heterocycles. The molecule has 0 amide bonds. The Bertz CT molecular complexity index is 1670. The number of methoxy groups -OCH3 is 2. The van der Waals surface area contributed by atoms with Gasteiger partial charge in [0.15, 0.2) is 17.3 Å². The van der Waals surface area contributed by atoms with Gasteiger partial charge in [-0.25, -0.2) is 0 Å². The number of pyridine rings is 1. The van der Waals surface area contributed by atoms with Crippen LogP contribution in [-0.2, 0) is 0 Å². The third-order valence-electron chi connectivity index (χ3n) is 6.68. The summed E-state index contributed by atoms with van der Waals surface area (Å²) in [6, 6.07) is 28.6. The SMILES string of the molecule is COc1ccc(C(O)CNc2nc(Nc3ccccc3)nc(NN=C(C)c3ccncc3)c2-c2ccccc2)cc1OC. The Morgan fingerprint density at radius 2 is 1.51 bits per heavy atom. The number of rotatable bonds is 12. The maximum atomic E-state index is 11.1. The zero-order valence-corrected chi connectivity index (χ0v) is 24.2. The molecule has 0 saturated heterocycles. The summed E-state index contributed by atoms with van der Waals surface area (Å²) in [6.07, 6.45) is 2.58. The van der Waals surface area contributed by atoms with Gasteiger partial charge in [0.05, 0.1) is 31.6 Å². The first kappa shape index (κ1) is 29.0. The number of hydrogen-bond donors (Lipinski definition) is 4. The highest BCUT2D eigenvalue weighted by Crippen LogP contribution is 2.36. The van der Waals surface area contributed by atoms with E-state index in [1.807, 2.05) is 79.7 Å². The molecule has 0 aliphatic heterocycles. The number of hydrogen-bond acceptors (Lipinski definition) is 10. The third kappa shape index (κ3) is 7.24. The van der Waals surface area contributed by atoms with Crippen LogP contribution in [0.1, 0.15) is 24.2 Å². The standard InChI is InChI=1S/C33H33N7O3/c1-22(23-16-18-34-19-17-23)39-40-32-30(24-10-6-4-7-11-24)31(37-33(38-32)36-26-12-8-5-9-13-26)35-21-27(41)25-14-15-28(42-2)29(20-25)43-3/h4-20,27,41H,21H2,1-3H3,(H3,35,36,37,38,40). The summed E-state index contributed by atoms with van der Waals surface area (Å²) in [6.45, 7) is 2.07. The summed E-state index contributed by atoms with van der Waals surface area (Å²) < 4.78 is 10.8. The average Bonchev–Trinajstić information content (AvgIpc) is 3.06. The minimum Gasteiger partial charge on any atom is -0.493 e. The van der Waals surface area contributed by atoms with E-state index in [2.05, 4.69) is 26.1 Å². The van der Waals surface area contributed by atoms with Crippen molar-refractivity contribution in [3.05, 3.63) is 115 Å². The number of ether oxygens (including phenoxy) is 2. The molecule has 0 aliphatic rings. The van der Waals surface area contributed by atoms with Gasteiger partial charge in [0.2, 0.25) is 5.95 Å². The maximum Gasteiger partial charge on any atom is 0.231 e. The number of aliphatic hydroxyl groups excluding tert-OH is 1. The Morgan fingerprint density at radius 3 is 2.21 bits per heavy atom. The second kappa shape index (κ2) is 13.9. The Labute approximate surface area is 250 Å². The van der Waals surface area contributed by atoms with Crippen LogP contribution in [-0.4, -0.2) is 46.5 Å². The van der Waals surface area contributed by atoms with Crippen LogP contribution in [0, 0.1) is 0 Å². The molecule has 4 N–H and O–H groups in total. The molecular weight excluding hydrogens is 542 g/mol. The van der Waals surface area contributed by atoms with E-state index in [9.17, 15) is 5.11 Å². The van der Waals surface area contributed by atoms with Gasteiger partial charge in [-0.05, 0) is 54.4 Å². The molecule has 3 aromatic carbocycles. The Balaban J connectivity index is 1.53. The van der Waals surface area contributed by atoms with E-state index in [-0.39, 0.29) is 6.54 Å². The summed E-state index contributed by atoms with van der Waals surface area (Å²) >= 11 is 0. The van der Waals surface area contributed by atoms with E-state index in [4.69, 9.17) is 19.4 Å². The predicted octanol–water partition coefficient (Wildman–Crippen LogP) is 6.28. The van der Waals surface area contributed by atoms with E-state index in [0.717, 1.165) is 22.5 Å². The second-order valence-corrected chi connectivity index (χ2v) is 9.53. The number of nitrogens with one attached hydrogen (secondary N) is 3. The molecule has 43 heavy (non-hydrogen) atoms. The van der Waals surface area contributed by atoms with Crippen LogP contribution in [0.5, 0.6) is 11.5 Å². The topological polar surface area (TPSA) is 126 Å². The van der Waals surface area contributed by atoms with E-state index in [1.165, 1.54) is 0 Å². The van der Waals surface area contributed by atoms with Crippen LogP contribution < -0.4 is 25.5 Å². The van der Waals surface area contributed by atoms with Crippen LogP contribution in [0.3, 0.4) is 0 Å². The molecule has 0 bridgehead atoms. The Morgan fingerprint density at radius 1 is 0.837 bits per heavy atom. The lowest BCUT2D eigenvalue weighted by molar-refractivity contribution is 0.191. The summed E-state index contributed by atoms with van der Waals surface area (Å²) in [5.41, 5.74) is 7.92. The van der Waals surface area contributed by atoms with Gasteiger partial charge >= 0.3 is 0 Å². The minimum atomic E-state index is -0.868. The largest absolute Gasteiger partial charge is 0.493 e. The van der Waals surface area contributed by atoms with Gasteiger partial charge < -0.3 is 25.2 Å². The van der Waals surface area contributed by atoms with E-state index in [1.54, 1.807) is 44.8 Å². The van der Waals surface area contributed by atoms with Crippen LogP contribution >= 0.6 is 0 Å². The molecule has 5 rings (SSSR count). The quantitative estimate of drug-likeness (QED) is 0.100. The van der Waals surface area contributed by atoms with E-state index < -0.39 is 6.10 Å².